The molecule has 0 bridgehead atoms. The van der Waals surface area contributed by atoms with Gasteiger partial charge in [0.2, 0.25) is 15.6 Å². The van der Waals surface area contributed by atoms with E-state index in [1.807, 2.05) is 11.8 Å². The molecule has 0 saturated carbocycles. The summed E-state index contributed by atoms with van der Waals surface area (Å²) in [5.41, 5.74) is -0.312. The van der Waals surface area contributed by atoms with E-state index in [1.165, 1.54) is 24.8 Å². The number of unbranched alkanes of at least 4 members (excludes halogenated alkanes) is 3. The molecule has 1 rings (SSSR count). The van der Waals surface area contributed by atoms with Crippen LogP contribution in [0.3, 0.4) is 0 Å². The molecule has 7 heteroatoms. The van der Waals surface area contributed by atoms with E-state index in [1.54, 1.807) is 0 Å². The van der Waals surface area contributed by atoms with Crippen molar-refractivity contribution in [1.29, 1.82) is 0 Å². The standard InChI is InChI=1S/C12H20N2O3S2/c1-18-9-5-3-2-4-8-14-19(16,17)11-6-7-12(15)13-10-11/h6-7,10,14H,2-5,8-9H2,1H3,(H,13,15). The molecule has 108 valence electrons. The molecule has 0 aliphatic rings. The maximum atomic E-state index is 11.8. The van der Waals surface area contributed by atoms with Crippen LogP contribution in [0.2, 0.25) is 0 Å². The van der Waals surface area contributed by atoms with Crippen LogP contribution in [0.4, 0.5) is 0 Å². The Morgan fingerprint density at radius 3 is 2.58 bits per heavy atom. The number of hydrogen-bond acceptors (Lipinski definition) is 4. The SMILES string of the molecule is CSCCCCCCNS(=O)(=O)c1ccc(=O)[nH]c1. The number of H-pyrrole nitrogens is 1. The van der Waals surface area contributed by atoms with Crippen LogP contribution >= 0.6 is 11.8 Å². The van der Waals surface area contributed by atoms with Gasteiger partial charge in [-0.15, -0.1) is 0 Å². The Kier molecular flexibility index (Phi) is 7.19. The average molecular weight is 304 g/mol. The van der Waals surface area contributed by atoms with E-state index in [2.05, 4.69) is 16.0 Å². The first-order valence-electron chi connectivity index (χ1n) is 6.23. The third kappa shape index (κ3) is 6.26. The fourth-order valence-electron chi connectivity index (χ4n) is 1.58. The Morgan fingerprint density at radius 2 is 1.95 bits per heavy atom. The molecule has 0 aliphatic carbocycles. The Morgan fingerprint density at radius 1 is 1.21 bits per heavy atom. The summed E-state index contributed by atoms with van der Waals surface area (Å²) in [5, 5.41) is 0. The molecule has 0 atom stereocenters. The molecule has 19 heavy (non-hydrogen) atoms. The molecule has 0 aliphatic heterocycles. The van der Waals surface area contributed by atoms with Gasteiger partial charge in [-0.2, -0.15) is 11.8 Å². The van der Waals surface area contributed by atoms with Gasteiger partial charge < -0.3 is 4.98 Å². The first-order valence-corrected chi connectivity index (χ1v) is 9.11. The van der Waals surface area contributed by atoms with Gasteiger partial charge in [-0.1, -0.05) is 12.8 Å². The molecule has 5 nitrogen and oxygen atoms in total. The largest absolute Gasteiger partial charge is 0.328 e. The van der Waals surface area contributed by atoms with Crippen molar-refractivity contribution in [2.45, 2.75) is 30.6 Å². The highest BCUT2D eigenvalue weighted by Gasteiger charge is 2.12. The summed E-state index contributed by atoms with van der Waals surface area (Å²) >= 11 is 1.83. The molecule has 0 saturated heterocycles. The van der Waals surface area contributed by atoms with Gasteiger partial charge in [0.25, 0.3) is 0 Å². The minimum atomic E-state index is -3.50. The second-order valence-electron chi connectivity index (χ2n) is 4.19. The van der Waals surface area contributed by atoms with Crippen LogP contribution in [-0.4, -0.2) is 32.0 Å². The molecule has 0 radical (unpaired) electrons. The number of aromatic nitrogens is 1. The number of hydrogen-bond donors (Lipinski definition) is 2. The maximum Gasteiger partial charge on any atom is 0.247 e. The lowest BCUT2D eigenvalue weighted by atomic mass is 10.2. The summed E-state index contributed by atoms with van der Waals surface area (Å²) < 4.78 is 26.2. The minimum Gasteiger partial charge on any atom is -0.328 e. The van der Waals surface area contributed by atoms with Gasteiger partial charge in [-0.3, -0.25) is 4.79 Å². The highest BCUT2D eigenvalue weighted by Crippen LogP contribution is 2.06. The van der Waals surface area contributed by atoms with Crippen molar-refractivity contribution in [3.05, 3.63) is 28.7 Å². The number of nitrogens with one attached hydrogen (secondary N) is 2. The lowest BCUT2D eigenvalue weighted by Gasteiger charge is -2.06. The van der Waals surface area contributed by atoms with Crippen molar-refractivity contribution in [2.75, 3.05) is 18.6 Å². The quantitative estimate of drug-likeness (QED) is 0.679. The van der Waals surface area contributed by atoms with E-state index in [0.29, 0.717) is 6.54 Å². The molecular weight excluding hydrogens is 284 g/mol. The van der Waals surface area contributed by atoms with Crippen molar-refractivity contribution < 1.29 is 8.42 Å². The van der Waals surface area contributed by atoms with E-state index >= 15 is 0 Å². The zero-order valence-electron chi connectivity index (χ0n) is 11.0. The third-order valence-electron chi connectivity index (χ3n) is 2.63. The summed E-state index contributed by atoms with van der Waals surface area (Å²) in [6.07, 6.45) is 7.45. The van der Waals surface area contributed by atoms with Gasteiger partial charge in [0.1, 0.15) is 0 Å². The van der Waals surface area contributed by atoms with E-state index in [9.17, 15) is 13.2 Å². The van der Waals surface area contributed by atoms with Crippen LogP contribution in [0.1, 0.15) is 25.7 Å². The second kappa shape index (κ2) is 8.39. The lowest BCUT2D eigenvalue weighted by Crippen LogP contribution is -2.25. The fourth-order valence-corrected chi connectivity index (χ4v) is 3.11. The van der Waals surface area contributed by atoms with Gasteiger partial charge in [0.15, 0.2) is 0 Å². The molecule has 1 heterocycles. The highest BCUT2D eigenvalue weighted by atomic mass is 32.2. The van der Waals surface area contributed by atoms with Gasteiger partial charge in [0, 0.05) is 18.8 Å². The van der Waals surface area contributed by atoms with Crippen LogP contribution in [-0.2, 0) is 10.0 Å². The van der Waals surface area contributed by atoms with Crippen molar-refractivity contribution >= 4 is 21.8 Å². The zero-order valence-corrected chi connectivity index (χ0v) is 12.6. The molecule has 1 aromatic rings. The predicted molar refractivity (Wildman–Crippen MR) is 79.1 cm³/mol. The first kappa shape index (κ1) is 16.3. The molecule has 0 aromatic carbocycles. The molecule has 0 amide bonds. The summed E-state index contributed by atoms with van der Waals surface area (Å²) in [6.45, 7) is 0.431. The van der Waals surface area contributed by atoms with Crippen LogP contribution < -0.4 is 10.3 Å². The van der Waals surface area contributed by atoms with E-state index < -0.39 is 10.0 Å². The van der Waals surface area contributed by atoms with Crippen molar-refractivity contribution in [1.82, 2.24) is 9.71 Å². The normalized spacial score (nSPS) is 11.6. The molecule has 0 spiro atoms. The number of pyridine rings is 1. The van der Waals surface area contributed by atoms with Crippen molar-refractivity contribution in [3.63, 3.8) is 0 Å². The van der Waals surface area contributed by atoms with Gasteiger partial charge in [-0.05, 0) is 30.9 Å². The van der Waals surface area contributed by atoms with Crippen molar-refractivity contribution in [2.24, 2.45) is 0 Å². The summed E-state index contributed by atoms with van der Waals surface area (Å²) in [5.74, 6) is 1.16. The fraction of sp³-hybridized carbons (Fsp3) is 0.583. The highest BCUT2D eigenvalue weighted by molar-refractivity contribution is 7.98. The topological polar surface area (TPSA) is 79.0 Å². The first-order chi connectivity index (χ1) is 9.06. The smallest absolute Gasteiger partial charge is 0.247 e. The van der Waals surface area contributed by atoms with Crippen LogP contribution in [0.5, 0.6) is 0 Å². The molecule has 1 aromatic heterocycles. The van der Waals surface area contributed by atoms with Gasteiger partial charge in [0.05, 0.1) is 4.90 Å². The Balaban J connectivity index is 2.31. The molecule has 0 fully saturated rings. The van der Waals surface area contributed by atoms with Crippen LogP contribution in [0.25, 0.3) is 0 Å². The molecule has 0 unspecified atom stereocenters. The van der Waals surface area contributed by atoms with Crippen LogP contribution in [0.15, 0.2) is 28.0 Å². The van der Waals surface area contributed by atoms with E-state index in [-0.39, 0.29) is 10.5 Å². The Hall–Kier alpha value is -0.790. The van der Waals surface area contributed by atoms with Gasteiger partial charge in [-0.25, -0.2) is 13.1 Å². The van der Waals surface area contributed by atoms with E-state index in [0.717, 1.165) is 25.0 Å². The van der Waals surface area contributed by atoms with Gasteiger partial charge >= 0.3 is 0 Å². The number of thioether (sulfide) groups is 1. The van der Waals surface area contributed by atoms with Crippen molar-refractivity contribution in [3.8, 4) is 0 Å². The summed E-state index contributed by atoms with van der Waals surface area (Å²) in [6, 6.07) is 2.51. The summed E-state index contributed by atoms with van der Waals surface area (Å²) in [4.78, 5) is 13.3. The second-order valence-corrected chi connectivity index (χ2v) is 6.95. The number of rotatable bonds is 9. The average Bonchev–Trinajstić information content (AvgIpc) is 2.38. The number of sulfonamides is 1. The predicted octanol–water partition coefficient (Wildman–Crippen LogP) is 1.58. The molecular formula is C12H20N2O3S2. The summed E-state index contributed by atoms with van der Waals surface area (Å²) in [7, 11) is -3.50. The number of aromatic amines is 1. The van der Waals surface area contributed by atoms with Crippen LogP contribution in [0, 0.1) is 0 Å². The zero-order chi connectivity index (χ0) is 14.1. The lowest BCUT2D eigenvalue weighted by molar-refractivity contribution is 0.573. The Bertz CT molecular complexity index is 506. The molecule has 2 N–H and O–H groups in total. The Labute approximate surface area is 118 Å². The minimum absolute atomic E-state index is 0.0921. The monoisotopic (exact) mass is 304 g/mol. The third-order valence-corrected chi connectivity index (χ3v) is 4.79. The maximum absolute atomic E-state index is 11.8. The van der Waals surface area contributed by atoms with E-state index in [4.69, 9.17) is 0 Å².